The van der Waals surface area contributed by atoms with E-state index in [-0.39, 0.29) is 0 Å². The van der Waals surface area contributed by atoms with Crippen molar-refractivity contribution in [3.05, 3.63) is 34.9 Å². The van der Waals surface area contributed by atoms with E-state index in [0.29, 0.717) is 5.56 Å². The molecule has 0 fully saturated rings. The molecule has 0 aliphatic carbocycles. The lowest BCUT2D eigenvalue weighted by Crippen LogP contribution is -2.20. The quantitative estimate of drug-likeness (QED) is 0.484. The van der Waals surface area contributed by atoms with Crippen LogP contribution in [0.2, 0.25) is 25.7 Å². The lowest BCUT2D eigenvalue weighted by atomic mass is 10.0. The highest BCUT2D eigenvalue weighted by Gasteiger charge is 2.16. The van der Waals surface area contributed by atoms with E-state index in [1.54, 1.807) is 6.07 Å². The molecular formula is C13H19IO2Si. The van der Waals surface area contributed by atoms with Crippen molar-refractivity contribution in [2.45, 2.75) is 36.5 Å². The van der Waals surface area contributed by atoms with Gasteiger partial charge in [0.15, 0.2) is 0 Å². The summed E-state index contributed by atoms with van der Waals surface area (Å²) < 4.78 is 0.928. The van der Waals surface area contributed by atoms with Crippen LogP contribution in [0.25, 0.3) is 0 Å². The number of carboxylic acids is 1. The predicted molar refractivity (Wildman–Crippen MR) is 83.0 cm³/mol. The van der Waals surface area contributed by atoms with E-state index >= 15 is 0 Å². The molecule has 0 aliphatic heterocycles. The average molecular weight is 362 g/mol. The smallest absolute Gasteiger partial charge is 0.335 e. The monoisotopic (exact) mass is 362 g/mol. The number of aromatic carboxylic acids is 1. The van der Waals surface area contributed by atoms with E-state index in [1.807, 2.05) is 6.07 Å². The van der Waals surface area contributed by atoms with Crippen molar-refractivity contribution in [2.24, 2.45) is 0 Å². The van der Waals surface area contributed by atoms with Crippen LogP contribution >= 0.6 is 22.6 Å². The summed E-state index contributed by atoms with van der Waals surface area (Å²) in [7, 11) is -1.12. The SMILES string of the molecule is C[Si](C)(C)CCc1cc(CI)ccc1C(=O)O. The average Bonchev–Trinajstić information content (AvgIpc) is 2.24. The summed E-state index contributed by atoms with van der Waals surface area (Å²) in [5, 5.41) is 9.17. The molecule has 1 N–H and O–H groups in total. The highest BCUT2D eigenvalue weighted by molar-refractivity contribution is 14.1. The molecule has 0 atom stereocenters. The van der Waals surface area contributed by atoms with Crippen molar-refractivity contribution in [1.82, 2.24) is 0 Å². The number of aryl methyl sites for hydroxylation is 1. The van der Waals surface area contributed by atoms with Gasteiger partial charge in [-0.05, 0) is 23.6 Å². The molecule has 0 bridgehead atoms. The molecule has 0 aromatic heterocycles. The van der Waals surface area contributed by atoms with Gasteiger partial charge in [-0.25, -0.2) is 4.79 Å². The van der Waals surface area contributed by atoms with Crippen molar-refractivity contribution < 1.29 is 9.90 Å². The van der Waals surface area contributed by atoms with E-state index in [9.17, 15) is 4.79 Å². The van der Waals surface area contributed by atoms with Crippen LogP contribution < -0.4 is 0 Å². The number of hydrogen-bond donors (Lipinski definition) is 1. The van der Waals surface area contributed by atoms with Crippen LogP contribution in [0.5, 0.6) is 0 Å². The van der Waals surface area contributed by atoms with Gasteiger partial charge in [0.2, 0.25) is 0 Å². The standard InChI is InChI=1S/C13H19IO2Si/c1-17(2,3)7-6-11-8-10(9-14)4-5-12(11)13(15)16/h4-5,8H,6-7,9H2,1-3H3,(H,15,16). The second-order valence-electron chi connectivity index (χ2n) is 5.49. The van der Waals surface area contributed by atoms with E-state index in [0.717, 1.165) is 22.5 Å². The molecule has 0 heterocycles. The molecule has 0 saturated heterocycles. The Bertz CT molecular complexity index is 410. The number of benzene rings is 1. The van der Waals surface area contributed by atoms with Crippen molar-refractivity contribution in [3.63, 3.8) is 0 Å². The summed E-state index contributed by atoms with van der Waals surface area (Å²) in [5.74, 6) is -0.810. The Hall–Kier alpha value is -0.363. The highest BCUT2D eigenvalue weighted by Crippen LogP contribution is 2.20. The third kappa shape index (κ3) is 4.79. The fraction of sp³-hybridized carbons (Fsp3) is 0.462. The van der Waals surface area contributed by atoms with E-state index in [4.69, 9.17) is 5.11 Å². The Morgan fingerprint density at radius 2 is 2.00 bits per heavy atom. The normalized spacial score (nSPS) is 11.5. The molecule has 0 amide bonds. The van der Waals surface area contributed by atoms with Gasteiger partial charge < -0.3 is 5.11 Å². The highest BCUT2D eigenvalue weighted by atomic mass is 127. The van der Waals surface area contributed by atoms with Crippen LogP contribution in [0.3, 0.4) is 0 Å². The fourth-order valence-electron chi connectivity index (χ4n) is 1.66. The van der Waals surface area contributed by atoms with Gasteiger partial charge in [-0.15, -0.1) is 0 Å². The Morgan fingerprint density at radius 3 is 2.47 bits per heavy atom. The van der Waals surface area contributed by atoms with Crippen LogP contribution in [-0.4, -0.2) is 19.1 Å². The Labute approximate surface area is 118 Å². The van der Waals surface area contributed by atoms with Crippen LogP contribution in [0.15, 0.2) is 18.2 Å². The fourth-order valence-corrected chi connectivity index (χ4v) is 3.15. The number of carboxylic acid groups (broad SMARTS) is 1. The summed E-state index contributed by atoms with van der Waals surface area (Å²) >= 11 is 2.30. The molecule has 94 valence electrons. The van der Waals surface area contributed by atoms with Gasteiger partial charge in [-0.1, -0.05) is 60.4 Å². The Kier molecular flexibility index (Phi) is 5.18. The lowest BCUT2D eigenvalue weighted by molar-refractivity contribution is 0.0695. The molecule has 0 aliphatic rings. The topological polar surface area (TPSA) is 37.3 Å². The molecule has 17 heavy (non-hydrogen) atoms. The maximum Gasteiger partial charge on any atom is 0.335 e. The van der Waals surface area contributed by atoms with Gasteiger partial charge in [0.1, 0.15) is 0 Å². The summed E-state index contributed by atoms with van der Waals surface area (Å²) in [6.45, 7) is 6.95. The van der Waals surface area contributed by atoms with Crippen LogP contribution in [-0.2, 0) is 10.8 Å². The van der Waals surface area contributed by atoms with Gasteiger partial charge in [0.05, 0.1) is 5.56 Å². The van der Waals surface area contributed by atoms with Gasteiger partial charge in [0, 0.05) is 12.5 Å². The van der Waals surface area contributed by atoms with E-state index in [2.05, 4.69) is 48.3 Å². The summed E-state index contributed by atoms with van der Waals surface area (Å²) in [5.41, 5.74) is 2.67. The zero-order chi connectivity index (χ0) is 13.1. The van der Waals surface area contributed by atoms with Gasteiger partial charge in [0.25, 0.3) is 0 Å². The van der Waals surface area contributed by atoms with Crippen molar-refractivity contribution >= 4 is 36.6 Å². The van der Waals surface area contributed by atoms with Crippen molar-refractivity contribution in [2.75, 3.05) is 0 Å². The minimum atomic E-state index is -1.12. The minimum absolute atomic E-state index is 0.469. The van der Waals surface area contributed by atoms with Gasteiger partial charge in [-0.3, -0.25) is 0 Å². The first-order chi connectivity index (χ1) is 7.83. The van der Waals surface area contributed by atoms with E-state index < -0.39 is 14.0 Å². The molecule has 1 aromatic carbocycles. The number of rotatable bonds is 5. The first-order valence-electron chi connectivity index (χ1n) is 5.74. The molecule has 0 unspecified atom stereocenters. The predicted octanol–water partition coefficient (Wildman–Crippen LogP) is 4.20. The van der Waals surface area contributed by atoms with E-state index in [1.165, 1.54) is 5.56 Å². The first kappa shape index (κ1) is 14.7. The molecular weight excluding hydrogens is 343 g/mol. The first-order valence-corrected chi connectivity index (χ1v) is 11.0. The lowest BCUT2D eigenvalue weighted by Gasteiger charge is -2.16. The van der Waals surface area contributed by atoms with Crippen LogP contribution in [0, 0.1) is 0 Å². The summed E-state index contributed by atoms with van der Waals surface area (Å²) in [6.07, 6.45) is 0.891. The molecule has 0 radical (unpaired) electrons. The zero-order valence-corrected chi connectivity index (χ0v) is 13.7. The van der Waals surface area contributed by atoms with Crippen molar-refractivity contribution in [1.29, 1.82) is 0 Å². The number of carbonyl (C=O) groups is 1. The largest absolute Gasteiger partial charge is 0.478 e. The molecule has 1 rings (SSSR count). The second kappa shape index (κ2) is 6.00. The Morgan fingerprint density at radius 1 is 1.35 bits per heavy atom. The van der Waals surface area contributed by atoms with Crippen LogP contribution in [0.1, 0.15) is 21.5 Å². The molecule has 0 spiro atoms. The van der Waals surface area contributed by atoms with Gasteiger partial charge in [-0.2, -0.15) is 0 Å². The second-order valence-corrected chi connectivity index (χ2v) is 11.9. The van der Waals surface area contributed by atoms with Crippen molar-refractivity contribution in [3.8, 4) is 0 Å². The zero-order valence-electron chi connectivity index (χ0n) is 10.6. The summed E-state index contributed by atoms with van der Waals surface area (Å²) in [4.78, 5) is 11.2. The van der Waals surface area contributed by atoms with Gasteiger partial charge >= 0.3 is 5.97 Å². The number of alkyl halides is 1. The molecule has 0 saturated carbocycles. The minimum Gasteiger partial charge on any atom is -0.478 e. The number of hydrogen-bond acceptors (Lipinski definition) is 1. The third-order valence-corrected chi connectivity index (χ3v) is 5.33. The molecule has 1 aromatic rings. The third-order valence-electron chi connectivity index (χ3n) is 2.70. The molecule has 2 nitrogen and oxygen atoms in total. The Balaban J connectivity index is 2.97. The van der Waals surface area contributed by atoms with Crippen LogP contribution in [0.4, 0.5) is 0 Å². The maximum absolute atomic E-state index is 11.2. The summed E-state index contributed by atoms with van der Waals surface area (Å²) in [6, 6.07) is 6.85. The number of halogens is 1. The maximum atomic E-state index is 11.2. The molecule has 4 heteroatoms.